The molecule has 1 aromatic carbocycles. The minimum Gasteiger partial charge on any atom is -0.228 e. The van der Waals surface area contributed by atoms with Crippen LogP contribution in [0.4, 0.5) is 4.39 Å². The van der Waals surface area contributed by atoms with Crippen LogP contribution in [0.1, 0.15) is 24.5 Å². The fraction of sp³-hybridized carbons (Fsp3) is 0.353. The van der Waals surface area contributed by atoms with E-state index in [1.165, 1.54) is 23.4 Å². The van der Waals surface area contributed by atoms with Crippen LogP contribution in [0.3, 0.4) is 0 Å². The van der Waals surface area contributed by atoms with E-state index in [0.29, 0.717) is 12.3 Å². The van der Waals surface area contributed by atoms with E-state index >= 15 is 0 Å². The SMILES string of the molecule is CC(C[C@H]1Cc2ccc(-c3ccc(F)nc3)cc2C1)S(N)(=O)=O. The van der Waals surface area contributed by atoms with Crippen LogP contribution >= 0.6 is 0 Å². The maximum Gasteiger partial charge on any atom is 0.212 e. The molecule has 1 aliphatic rings. The zero-order valence-corrected chi connectivity index (χ0v) is 13.7. The van der Waals surface area contributed by atoms with Crippen molar-refractivity contribution < 1.29 is 12.8 Å². The Morgan fingerprint density at radius 1 is 1.22 bits per heavy atom. The van der Waals surface area contributed by atoms with Crippen LogP contribution in [0, 0.1) is 11.9 Å². The van der Waals surface area contributed by atoms with Crippen LogP contribution in [0.15, 0.2) is 36.5 Å². The lowest BCUT2D eigenvalue weighted by Crippen LogP contribution is -2.28. The second-order valence-electron chi connectivity index (χ2n) is 6.26. The summed E-state index contributed by atoms with van der Waals surface area (Å²) in [5, 5.41) is 4.68. The van der Waals surface area contributed by atoms with E-state index in [1.807, 2.05) is 6.07 Å². The van der Waals surface area contributed by atoms with Crippen molar-refractivity contribution in [1.82, 2.24) is 4.98 Å². The smallest absolute Gasteiger partial charge is 0.212 e. The number of primary sulfonamides is 1. The van der Waals surface area contributed by atoms with Crippen molar-refractivity contribution in [2.45, 2.75) is 31.4 Å². The van der Waals surface area contributed by atoms with E-state index in [2.05, 4.69) is 17.1 Å². The van der Waals surface area contributed by atoms with Crippen molar-refractivity contribution in [3.05, 3.63) is 53.6 Å². The third-order valence-electron chi connectivity index (χ3n) is 4.51. The van der Waals surface area contributed by atoms with Crippen LogP contribution in [0.2, 0.25) is 0 Å². The number of rotatable bonds is 4. The summed E-state index contributed by atoms with van der Waals surface area (Å²) in [6, 6.07) is 9.21. The summed E-state index contributed by atoms with van der Waals surface area (Å²) in [6.45, 7) is 1.66. The first-order valence-electron chi connectivity index (χ1n) is 7.58. The summed E-state index contributed by atoms with van der Waals surface area (Å²) in [5.74, 6) is -0.202. The largest absolute Gasteiger partial charge is 0.228 e. The first-order valence-corrected chi connectivity index (χ1v) is 9.19. The predicted octanol–water partition coefficient (Wildman–Crippen LogP) is 2.67. The highest BCUT2D eigenvalue weighted by Gasteiger charge is 2.27. The normalized spacial score (nSPS) is 18.7. The van der Waals surface area contributed by atoms with Gasteiger partial charge in [-0.3, -0.25) is 0 Å². The maximum absolute atomic E-state index is 12.9. The molecule has 3 rings (SSSR count). The minimum atomic E-state index is -3.48. The van der Waals surface area contributed by atoms with Crippen molar-refractivity contribution >= 4 is 10.0 Å². The minimum absolute atomic E-state index is 0.292. The molecule has 0 bridgehead atoms. The molecule has 4 nitrogen and oxygen atoms in total. The molecule has 0 fully saturated rings. The Balaban J connectivity index is 1.77. The molecule has 0 radical (unpaired) electrons. The number of aromatic nitrogens is 1. The Kier molecular flexibility index (Phi) is 4.21. The molecule has 0 saturated carbocycles. The van der Waals surface area contributed by atoms with Crippen molar-refractivity contribution in [3.8, 4) is 11.1 Å². The van der Waals surface area contributed by atoms with E-state index in [9.17, 15) is 12.8 Å². The van der Waals surface area contributed by atoms with Gasteiger partial charge >= 0.3 is 0 Å². The van der Waals surface area contributed by atoms with E-state index in [1.54, 1.807) is 13.0 Å². The number of fused-ring (bicyclic) bond motifs is 1. The molecule has 122 valence electrons. The number of nitrogens with two attached hydrogens (primary N) is 1. The molecular formula is C17H19FN2O2S. The maximum atomic E-state index is 12.9. The molecule has 1 aliphatic carbocycles. The summed E-state index contributed by atoms with van der Waals surface area (Å²) in [4.78, 5) is 3.68. The molecule has 0 spiro atoms. The predicted molar refractivity (Wildman–Crippen MR) is 87.7 cm³/mol. The van der Waals surface area contributed by atoms with Gasteiger partial charge in [-0.15, -0.1) is 0 Å². The van der Waals surface area contributed by atoms with E-state index in [0.717, 1.165) is 24.0 Å². The van der Waals surface area contributed by atoms with Gasteiger partial charge in [-0.1, -0.05) is 18.2 Å². The van der Waals surface area contributed by atoms with Gasteiger partial charge in [0.1, 0.15) is 0 Å². The highest BCUT2D eigenvalue weighted by Crippen LogP contribution is 2.33. The van der Waals surface area contributed by atoms with Gasteiger partial charge in [0, 0.05) is 11.8 Å². The molecule has 1 heterocycles. The third-order valence-corrected chi connectivity index (χ3v) is 5.82. The second kappa shape index (κ2) is 6.02. The summed E-state index contributed by atoms with van der Waals surface area (Å²) >= 11 is 0. The second-order valence-corrected chi connectivity index (χ2v) is 8.25. The van der Waals surface area contributed by atoms with E-state index in [-0.39, 0.29) is 0 Å². The Hall–Kier alpha value is -1.79. The molecule has 0 aliphatic heterocycles. The van der Waals surface area contributed by atoms with E-state index < -0.39 is 21.2 Å². The Labute approximate surface area is 135 Å². The third kappa shape index (κ3) is 3.59. The van der Waals surface area contributed by atoms with Gasteiger partial charge in [-0.2, -0.15) is 4.39 Å². The molecule has 1 aromatic heterocycles. The molecule has 2 aromatic rings. The van der Waals surface area contributed by atoms with Gasteiger partial charge in [-0.05, 0) is 60.9 Å². The standard InChI is InChI=1S/C17H19FN2O2S/c1-11(23(19,21)22)6-12-7-13-2-3-14(9-16(13)8-12)15-4-5-17(18)20-10-15/h2-5,9-12H,6-8H2,1H3,(H2,19,21,22)/t11?,12-/m0/s1. The highest BCUT2D eigenvalue weighted by atomic mass is 32.2. The number of halogens is 1. The summed E-state index contributed by atoms with van der Waals surface area (Å²) in [7, 11) is -3.48. The van der Waals surface area contributed by atoms with Crippen LogP contribution in [-0.4, -0.2) is 18.7 Å². The van der Waals surface area contributed by atoms with Crippen LogP contribution < -0.4 is 5.14 Å². The lowest BCUT2D eigenvalue weighted by Gasteiger charge is -2.13. The topological polar surface area (TPSA) is 73.0 Å². The molecule has 2 N–H and O–H groups in total. The lowest BCUT2D eigenvalue weighted by molar-refractivity contribution is 0.493. The Bertz CT molecular complexity index is 819. The molecule has 0 saturated heterocycles. The van der Waals surface area contributed by atoms with Crippen LogP contribution in [0.25, 0.3) is 11.1 Å². The number of benzene rings is 1. The Morgan fingerprint density at radius 3 is 2.57 bits per heavy atom. The van der Waals surface area contributed by atoms with Gasteiger partial charge in [0.2, 0.25) is 16.0 Å². The molecule has 23 heavy (non-hydrogen) atoms. The lowest BCUT2D eigenvalue weighted by atomic mass is 10.0. The number of nitrogens with zero attached hydrogens (tertiary/aromatic N) is 1. The summed E-state index contributed by atoms with van der Waals surface area (Å²) in [6.07, 6.45) is 3.81. The van der Waals surface area contributed by atoms with Gasteiger partial charge in [-0.25, -0.2) is 18.5 Å². The van der Waals surface area contributed by atoms with Gasteiger partial charge in [0.25, 0.3) is 0 Å². The molecular weight excluding hydrogens is 315 g/mol. The summed E-state index contributed by atoms with van der Waals surface area (Å²) < 4.78 is 35.7. The number of pyridine rings is 1. The fourth-order valence-corrected chi connectivity index (χ4v) is 3.75. The average molecular weight is 334 g/mol. The number of sulfonamides is 1. The Morgan fingerprint density at radius 2 is 1.91 bits per heavy atom. The quantitative estimate of drug-likeness (QED) is 0.874. The molecule has 1 unspecified atom stereocenters. The van der Waals surface area contributed by atoms with Crippen molar-refractivity contribution in [2.75, 3.05) is 0 Å². The van der Waals surface area contributed by atoms with Crippen molar-refractivity contribution in [2.24, 2.45) is 11.1 Å². The number of hydrogen-bond acceptors (Lipinski definition) is 3. The van der Waals surface area contributed by atoms with Gasteiger partial charge in [0.05, 0.1) is 5.25 Å². The average Bonchev–Trinajstić information content (AvgIpc) is 2.88. The first kappa shape index (κ1) is 16.1. The zero-order chi connectivity index (χ0) is 16.6. The van der Waals surface area contributed by atoms with E-state index in [4.69, 9.17) is 5.14 Å². The van der Waals surface area contributed by atoms with Crippen LogP contribution in [0.5, 0.6) is 0 Å². The number of hydrogen-bond donors (Lipinski definition) is 1. The molecule has 0 amide bonds. The molecule has 2 atom stereocenters. The van der Waals surface area contributed by atoms with Gasteiger partial charge < -0.3 is 0 Å². The monoisotopic (exact) mass is 334 g/mol. The molecule has 6 heteroatoms. The van der Waals surface area contributed by atoms with Crippen molar-refractivity contribution in [1.29, 1.82) is 0 Å². The first-order chi connectivity index (χ1) is 10.8. The highest BCUT2D eigenvalue weighted by molar-refractivity contribution is 7.89. The van der Waals surface area contributed by atoms with Gasteiger partial charge in [0.15, 0.2) is 0 Å². The summed E-state index contributed by atoms with van der Waals surface area (Å²) in [5.41, 5.74) is 4.33. The fourth-order valence-electron chi connectivity index (χ4n) is 3.21. The van der Waals surface area contributed by atoms with Crippen LogP contribution in [-0.2, 0) is 22.9 Å². The zero-order valence-electron chi connectivity index (χ0n) is 12.9. The van der Waals surface area contributed by atoms with Crippen molar-refractivity contribution in [3.63, 3.8) is 0 Å².